The van der Waals surface area contributed by atoms with Gasteiger partial charge in [-0.2, -0.15) is 0 Å². The summed E-state index contributed by atoms with van der Waals surface area (Å²) in [6.45, 7) is 3.17. The highest BCUT2D eigenvalue weighted by Crippen LogP contribution is 2.36. The number of carbonyl (C=O) groups excluding carboxylic acids is 3. The van der Waals surface area contributed by atoms with Crippen LogP contribution in [-0.4, -0.2) is 38.6 Å². The fourth-order valence-electron chi connectivity index (χ4n) is 2.82. The topological polar surface area (TPSA) is 103 Å². The smallest absolute Gasteiger partial charge is 0.341 e. The Morgan fingerprint density at radius 1 is 1.10 bits per heavy atom. The average molecular weight is 432 g/mol. The van der Waals surface area contributed by atoms with Gasteiger partial charge in [-0.05, 0) is 44.4 Å². The molecular weight excluding hydrogens is 408 g/mol. The largest absolute Gasteiger partial charge is 0.497 e. The maximum atomic E-state index is 12.7. The van der Waals surface area contributed by atoms with E-state index in [1.54, 1.807) is 25.1 Å². The molecule has 0 aliphatic heterocycles. The quantitative estimate of drug-likeness (QED) is 0.619. The van der Waals surface area contributed by atoms with Crippen molar-refractivity contribution in [3.63, 3.8) is 0 Å². The molecule has 1 aromatic heterocycles. The summed E-state index contributed by atoms with van der Waals surface area (Å²) in [6, 6.07) is 4.97. The predicted molar refractivity (Wildman–Crippen MR) is 114 cm³/mol. The van der Waals surface area contributed by atoms with Gasteiger partial charge in [-0.1, -0.05) is 0 Å². The van der Waals surface area contributed by atoms with E-state index >= 15 is 0 Å². The molecule has 0 atom stereocenters. The lowest BCUT2D eigenvalue weighted by molar-refractivity contribution is -0.119. The molecule has 1 aromatic carbocycles. The molecule has 1 saturated carbocycles. The number of hydrogen-bond donors (Lipinski definition) is 2. The van der Waals surface area contributed by atoms with Crippen molar-refractivity contribution in [3.05, 3.63) is 34.2 Å². The summed E-state index contributed by atoms with van der Waals surface area (Å²) >= 11 is 1.32. The minimum absolute atomic E-state index is 0.0141. The minimum Gasteiger partial charge on any atom is -0.497 e. The van der Waals surface area contributed by atoms with Crippen LogP contribution in [0.1, 0.15) is 33.6 Å². The highest BCUT2D eigenvalue weighted by Gasteiger charge is 2.31. The average Bonchev–Trinajstić information content (AvgIpc) is 3.53. The van der Waals surface area contributed by atoms with Gasteiger partial charge in [0, 0.05) is 16.9 Å². The lowest BCUT2D eigenvalue weighted by atomic mass is 10.1. The first kappa shape index (κ1) is 21.6. The van der Waals surface area contributed by atoms with E-state index in [9.17, 15) is 14.4 Å². The molecule has 1 aliphatic carbocycles. The summed E-state index contributed by atoms with van der Waals surface area (Å²) in [5.74, 6) is -0.263. The Hall–Kier alpha value is -3.07. The molecule has 0 spiro atoms. The zero-order chi connectivity index (χ0) is 21.8. The first-order valence-corrected chi connectivity index (χ1v) is 10.3. The zero-order valence-electron chi connectivity index (χ0n) is 17.3. The monoisotopic (exact) mass is 432 g/mol. The first-order chi connectivity index (χ1) is 14.3. The molecule has 0 bridgehead atoms. The van der Waals surface area contributed by atoms with Crippen LogP contribution in [-0.2, 0) is 14.3 Å². The molecule has 2 aromatic rings. The van der Waals surface area contributed by atoms with Crippen LogP contribution < -0.4 is 20.1 Å². The molecule has 0 radical (unpaired) electrons. The van der Waals surface area contributed by atoms with Gasteiger partial charge >= 0.3 is 5.97 Å². The number of carbonyl (C=O) groups is 3. The van der Waals surface area contributed by atoms with Crippen LogP contribution in [0.2, 0.25) is 0 Å². The minimum atomic E-state index is -0.657. The van der Waals surface area contributed by atoms with Gasteiger partial charge in [0.2, 0.25) is 5.91 Å². The Kier molecular flexibility index (Phi) is 6.61. The lowest BCUT2D eigenvalue weighted by Crippen LogP contribution is -2.22. The van der Waals surface area contributed by atoms with Crippen molar-refractivity contribution in [2.45, 2.75) is 26.7 Å². The van der Waals surface area contributed by atoms with Gasteiger partial charge in [-0.15, -0.1) is 11.3 Å². The Morgan fingerprint density at radius 2 is 1.83 bits per heavy atom. The molecule has 3 rings (SSSR count). The number of nitrogens with one attached hydrogen (secondary N) is 2. The van der Waals surface area contributed by atoms with E-state index in [-0.39, 0.29) is 11.8 Å². The molecule has 1 fully saturated rings. The molecule has 2 N–H and O–H groups in total. The van der Waals surface area contributed by atoms with Gasteiger partial charge in [-0.25, -0.2) is 4.79 Å². The van der Waals surface area contributed by atoms with E-state index in [4.69, 9.17) is 14.2 Å². The van der Waals surface area contributed by atoms with Gasteiger partial charge in [0.25, 0.3) is 5.91 Å². The zero-order valence-corrected chi connectivity index (χ0v) is 18.1. The molecule has 2 amide bonds. The third kappa shape index (κ3) is 4.91. The number of amides is 2. The van der Waals surface area contributed by atoms with Crippen molar-refractivity contribution in [1.82, 2.24) is 0 Å². The van der Waals surface area contributed by atoms with Crippen molar-refractivity contribution in [2.24, 2.45) is 5.92 Å². The maximum Gasteiger partial charge on any atom is 0.341 e. The normalized spacial score (nSPS) is 12.8. The van der Waals surface area contributed by atoms with Gasteiger partial charge in [-0.3, -0.25) is 9.59 Å². The van der Waals surface area contributed by atoms with Gasteiger partial charge in [0.05, 0.1) is 25.5 Å². The Morgan fingerprint density at radius 3 is 2.47 bits per heavy atom. The maximum absolute atomic E-state index is 12.7. The second kappa shape index (κ2) is 9.17. The molecule has 0 saturated heterocycles. The lowest BCUT2D eigenvalue weighted by Gasteiger charge is -2.12. The summed E-state index contributed by atoms with van der Waals surface area (Å²) in [6.07, 6.45) is 1.73. The highest BCUT2D eigenvalue weighted by molar-refractivity contribution is 7.16. The van der Waals surface area contributed by atoms with Gasteiger partial charge in [0.1, 0.15) is 16.5 Å². The van der Waals surface area contributed by atoms with Crippen LogP contribution in [0, 0.1) is 19.8 Å². The van der Waals surface area contributed by atoms with Gasteiger partial charge in [0.15, 0.2) is 6.61 Å². The van der Waals surface area contributed by atoms with Crippen LogP contribution in [0.25, 0.3) is 0 Å². The third-order valence-corrected chi connectivity index (χ3v) is 5.91. The fourth-order valence-corrected chi connectivity index (χ4v) is 3.87. The Bertz CT molecular complexity index is 980. The molecule has 30 heavy (non-hydrogen) atoms. The predicted octanol–water partition coefficient (Wildman–Crippen LogP) is 3.53. The standard InChI is InChI=1S/C21H24N2O6S/c1-11-12(2)30-20(23-19(25)13-5-6-13)18(11)21(26)29-10-17(24)22-15-9-14(27-3)7-8-16(15)28-4/h7-9,13H,5-6,10H2,1-4H3,(H,22,24)(H,23,25). The van der Waals surface area contributed by atoms with Crippen LogP contribution in [0.5, 0.6) is 11.5 Å². The second-order valence-electron chi connectivity index (χ2n) is 6.94. The molecule has 160 valence electrons. The SMILES string of the molecule is COc1ccc(OC)c(NC(=O)COC(=O)c2c(NC(=O)C3CC3)sc(C)c2C)c1. The van der Waals surface area contributed by atoms with Crippen molar-refractivity contribution < 1.29 is 28.6 Å². The van der Waals surface area contributed by atoms with Crippen molar-refractivity contribution in [2.75, 3.05) is 31.5 Å². The van der Waals surface area contributed by atoms with Crippen LogP contribution in [0.15, 0.2) is 18.2 Å². The Balaban J connectivity index is 1.66. The van der Waals surface area contributed by atoms with E-state index in [0.29, 0.717) is 27.8 Å². The number of rotatable bonds is 8. The van der Waals surface area contributed by atoms with Crippen molar-refractivity contribution >= 4 is 39.8 Å². The number of benzene rings is 1. The number of anilines is 2. The van der Waals surface area contributed by atoms with Crippen LogP contribution >= 0.6 is 11.3 Å². The van der Waals surface area contributed by atoms with E-state index in [0.717, 1.165) is 23.3 Å². The van der Waals surface area contributed by atoms with E-state index in [1.807, 2.05) is 6.92 Å². The summed E-state index contributed by atoms with van der Waals surface area (Å²) in [5, 5.41) is 5.92. The number of methoxy groups -OCH3 is 2. The molecule has 1 aliphatic rings. The summed E-state index contributed by atoms with van der Waals surface area (Å²) in [7, 11) is 3.00. The molecule has 0 unspecified atom stereocenters. The molecular formula is C21H24N2O6S. The fraction of sp³-hybridized carbons (Fsp3) is 0.381. The summed E-state index contributed by atoms with van der Waals surface area (Å²) in [5.41, 5.74) is 1.42. The third-order valence-electron chi connectivity index (χ3n) is 4.79. The van der Waals surface area contributed by atoms with Crippen LogP contribution in [0.3, 0.4) is 0 Å². The van der Waals surface area contributed by atoms with Crippen molar-refractivity contribution in [1.29, 1.82) is 0 Å². The van der Waals surface area contributed by atoms with Gasteiger partial charge < -0.3 is 24.8 Å². The number of esters is 1. The van der Waals surface area contributed by atoms with Crippen LogP contribution in [0.4, 0.5) is 10.7 Å². The molecule has 8 nitrogen and oxygen atoms in total. The van der Waals surface area contributed by atoms with E-state index in [2.05, 4.69) is 10.6 Å². The summed E-state index contributed by atoms with van der Waals surface area (Å²) in [4.78, 5) is 38.0. The van der Waals surface area contributed by atoms with E-state index in [1.165, 1.54) is 25.6 Å². The highest BCUT2D eigenvalue weighted by atomic mass is 32.1. The number of thiophene rings is 1. The summed E-state index contributed by atoms with van der Waals surface area (Å²) < 4.78 is 15.6. The van der Waals surface area contributed by atoms with E-state index < -0.39 is 18.5 Å². The number of ether oxygens (including phenoxy) is 3. The molecule has 9 heteroatoms. The number of aryl methyl sites for hydroxylation is 1. The second-order valence-corrected chi connectivity index (χ2v) is 8.17. The number of hydrogen-bond acceptors (Lipinski definition) is 7. The van der Waals surface area contributed by atoms with Crippen molar-refractivity contribution in [3.8, 4) is 11.5 Å². The molecule has 1 heterocycles. The Labute approximate surface area is 178 Å². The first-order valence-electron chi connectivity index (χ1n) is 9.43.